The van der Waals surface area contributed by atoms with Crippen LogP contribution in [0.15, 0.2) is 42.5 Å². The molecule has 1 N–H and O–H groups in total. The van der Waals surface area contributed by atoms with Crippen LogP contribution in [-0.4, -0.2) is 42.8 Å². The molecule has 0 saturated carbocycles. The average Bonchev–Trinajstić information content (AvgIpc) is 2.66. The molecular weight excluding hydrogens is 389 g/mol. The van der Waals surface area contributed by atoms with Gasteiger partial charge in [-0.3, -0.25) is 0 Å². The van der Waals surface area contributed by atoms with Gasteiger partial charge in [-0.15, -0.1) is 0 Å². The molecule has 0 radical (unpaired) electrons. The third-order valence-electron chi connectivity index (χ3n) is 4.25. The lowest BCUT2D eigenvalue weighted by Gasteiger charge is -2.37. The van der Waals surface area contributed by atoms with E-state index in [4.69, 9.17) is 40.2 Å². The highest BCUT2D eigenvalue weighted by atomic mass is 35.5. The normalized spacial score (nSPS) is 14.3. The van der Waals surface area contributed by atoms with Gasteiger partial charge < -0.3 is 19.9 Å². The van der Waals surface area contributed by atoms with E-state index in [1.165, 1.54) is 0 Å². The predicted molar refractivity (Wildman–Crippen MR) is 114 cm³/mol. The summed E-state index contributed by atoms with van der Waals surface area (Å²) in [7, 11) is 0. The molecular formula is C19H21Cl2N3OS. The molecule has 7 heteroatoms. The Morgan fingerprint density at radius 2 is 1.73 bits per heavy atom. The smallest absolute Gasteiger partial charge is 0.173 e. The van der Waals surface area contributed by atoms with E-state index in [1.807, 2.05) is 49.4 Å². The molecule has 0 aromatic heterocycles. The zero-order valence-corrected chi connectivity index (χ0v) is 16.9. The van der Waals surface area contributed by atoms with Crippen molar-refractivity contribution in [3.05, 3.63) is 52.5 Å². The van der Waals surface area contributed by atoms with Crippen LogP contribution in [0.1, 0.15) is 6.92 Å². The highest BCUT2D eigenvalue weighted by Crippen LogP contribution is 2.28. The molecule has 0 amide bonds. The maximum absolute atomic E-state index is 6.12. The molecule has 2 aromatic carbocycles. The number of hydrogen-bond donors (Lipinski definition) is 1. The van der Waals surface area contributed by atoms with Gasteiger partial charge in [-0.05, 0) is 61.6 Å². The summed E-state index contributed by atoms with van der Waals surface area (Å²) in [6.45, 7) is 6.09. The van der Waals surface area contributed by atoms with E-state index in [-0.39, 0.29) is 0 Å². The van der Waals surface area contributed by atoms with Crippen molar-refractivity contribution in [2.75, 3.05) is 43.0 Å². The molecule has 0 aliphatic carbocycles. The van der Waals surface area contributed by atoms with Crippen molar-refractivity contribution in [3.63, 3.8) is 0 Å². The monoisotopic (exact) mass is 409 g/mol. The number of anilines is 2. The van der Waals surface area contributed by atoms with Gasteiger partial charge in [0.15, 0.2) is 5.11 Å². The van der Waals surface area contributed by atoms with Crippen molar-refractivity contribution >= 4 is 51.9 Å². The van der Waals surface area contributed by atoms with Gasteiger partial charge in [0, 0.05) is 37.6 Å². The SMILES string of the molecule is CCOc1ccc(NC(=S)N2CCN(c3ccc(Cl)c(Cl)c3)CC2)cc1. The molecule has 1 aliphatic rings. The predicted octanol–water partition coefficient (Wildman–Crippen LogP) is 4.91. The van der Waals surface area contributed by atoms with Crippen molar-refractivity contribution < 1.29 is 4.74 Å². The lowest BCUT2D eigenvalue weighted by Crippen LogP contribution is -2.50. The standard InChI is InChI=1S/C19H21Cl2N3OS/c1-2-25-16-6-3-14(4-7-16)22-19(26)24-11-9-23(10-12-24)15-5-8-17(20)18(21)13-15/h3-8,13H,2,9-12H2,1H3,(H,22,26). The number of benzene rings is 2. The lowest BCUT2D eigenvalue weighted by molar-refractivity contribution is 0.340. The van der Waals surface area contributed by atoms with E-state index in [9.17, 15) is 0 Å². The molecule has 1 aliphatic heterocycles. The maximum Gasteiger partial charge on any atom is 0.173 e. The second-order valence-electron chi connectivity index (χ2n) is 5.96. The first kappa shape index (κ1) is 19.1. The number of hydrogen-bond acceptors (Lipinski definition) is 3. The number of nitrogens with one attached hydrogen (secondary N) is 1. The maximum atomic E-state index is 6.12. The van der Waals surface area contributed by atoms with Crippen molar-refractivity contribution in [3.8, 4) is 5.75 Å². The Balaban J connectivity index is 1.53. The Bertz CT molecular complexity index is 762. The van der Waals surface area contributed by atoms with Crippen LogP contribution < -0.4 is 15.0 Å². The van der Waals surface area contributed by atoms with Gasteiger partial charge in [0.05, 0.1) is 16.7 Å². The van der Waals surface area contributed by atoms with Crippen LogP contribution in [0.5, 0.6) is 5.75 Å². The second-order valence-corrected chi connectivity index (χ2v) is 7.16. The van der Waals surface area contributed by atoms with Gasteiger partial charge in [-0.2, -0.15) is 0 Å². The third-order valence-corrected chi connectivity index (χ3v) is 5.35. The first-order valence-electron chi connectivity index (χ1n) is 8.55. The van der Waals surface area contributed by atoms with Crippen molar-refractivity contribution in [1.29, 1.82) is 0 Å². The molecule has 26 heavy (non-hydrogen) atoms. The molecule has 1 heterocycles. The van der Waals surface area contributed by atoms with Crippen LogP contribution >= 0.6 is 35.4 Å². The van der Waals surface area contributed by atoms with Gasteiger partial charge in [0.2, 0.25) is 0 Å². The average molecular weight is 410 g/mol. The van der Waals surface area contributed by atoms with E-state index in [0.29, 0.717) is 16.7 Å². The van der Waals surface area contributed by atoms with Crippen molar-refractivity contribution in [1.82, 2.24) is 4.90 Å². The Labute approximate surface area is 169 Å². The third kappa shape index (κ3) is 4.72. The van der Waals surface area contributed by atoms with E-state index < -0.39 is 0 Å². The Kier molecular flexibility index (Phi) is 6.46. The molecule has 1 saturated heterocycles. The lowest BCUT2D eigenvalue weighted by atomic mass is 10.2. The summed E-state index contributed by atoms with van der Waals surface area (Å²) < 4.78 is 5.46. The molecule has 4 nitrogen and oxygen atoms in total. The molecule has 2 aromatic rings. The van der Waals surface area contributed by atoms with E-state index in [2.05, 4.69) is 15.1 Å². The molecule has 0 unspecified atom stereocenters. The van der Waals surface area contributed by atoms with E-state index >= 15 is 0 Å². The molecule has 3 rings (SSSR count). The Morgan fingerprint density at radius 3 is 2.35 bits per heavy atom. The van der Waals surface area contributed by atoms with Crippen LogP contribution in [0.4, 0.5) is 11.4 Å². The highest BCUT2D eigenvalue weighted by molar-refractivity contribution is 7.80. The molecule has 0 bridgehead atoms. The first-order chi connectivity index (χ1) is 12.6. The van der Waals surface area contributed by atoms with Gasteiger partial charge in [0.25, 0.3) is 0 Å². The first-order valence-corrected chi connectivity index (χ1v) is 9.72. The summed E-state index contributed by atoms with van der Waals surface area (Å²) in [5.41, 5.74) is 2.05. The molecule has 0 atom stereocenters. The fourth-order valence-electron chi connectivity index (χ4n) is 2.85. The van der Waals surface area contributed by atoms with Crippen LogP contribution in [0, 0.1) is 0 Å². The number of ether oxygens (including phenoxy) is 1. The Hall–Kier alpha value is -1.69. The summed E-state index contributed by atoms with van der Waals surface area (Å²) in [5.74, 6) is 0.860. The minimum atomic E-state index is 0.579. The summed E-state index contributed by atoms with van der Waals surface area (Å²) in [6.07, 6.45) is 0. The number of piperazine rings is 1. The van der Waals surface area contributed by atoms with Crippen molar-refractivity contribution in [2.24, 2.45) is 0 Å². The minimum absolute atomic E-state index is 0.579. The number of rotatable bonds is 4. The Morgan fingerprint density at radius 1 is 1.04 bits per heavy atom. The quantitative estimate of drug-likeness (QED) is 0.723. The molecule has 1 fully saturated rings. The summed E-state index contributed by atoms with van der Waals surface area (Å²) in [6, 6.07) is 13.6. The zero-order chi connectivity index (χ0) is 18.5. The van der Waals surface area contributed by atoms with Crippen LogP contribution in [0.3, 0.4) is 0 Å². The fourth-order valence-corrected chi connectivity index (χ4v) is 3.45. The molecule has 0 spiro atoms. The van der Waals surface area contributed by atoms with Crippen LogP contribution in [0.2, 0.25) is 10.0 Å². The second kappa shape index (κ2) is 8.80. The van der Waals surface area contributed by atoms with E-state index in [1.54, 1.807) is 0 Å². The van der Waals surface area contributed by atoms with Gasteiger partial charge in [-0.25, -0.2) is 0 Å². The largest absolute Gasteiger partial charge is 0.494 e. The summed E-state index contributed by atoms with van der Waals surface area (Å²) in [4.78, 5) is 4.47. The van der Waals surface area contributed by atoms with Crippen LogP contribution in [0.25, 0.3) is 0 Å². The summed E-state index contributed by atoms with van der Waals surface area (Å²) >= 11 is 17.7. The number of halogens is 2. The number of thiocarbonyl (C=S) groups is 1. The van der Waals surface area contributed by atoms with E-state index in [0.717, 1.165) is 48.4 Å². The topological polar surface area (TPSA) is 27.7 Å². The summed E-state index contributed by atoms with van der Waals surface area (Å²) in [5, 5.41) is 5.20. The zero-order valence-electron chi connectivity index (χ0n) is 14.5. The highest BCUT2D eigenvalue weighted by Gasteiger charge is 2.19. The van der Waals surface area contributed by atoms with Gasteiger partial charge in [0.1, 0.15) is 5.75 Å². The van der Waals surface area contributed by atoms with Gasteiger partial charge >= 0.3 is 0 Å². The van der Waals surface area contributed by atoms with Crippen LogP contribution in [-0.2, 0) is 0 Å². The fraction of sp³-hybridized carbons (Fsp3) is 0.316. The molecule has 138 valence electrons. The van der Waals surface area contributed by atoms with Crippen molar-refractivity contribution in [2.45, 2.75) is 6.92 Å². The van der Waals surface area contributed by atoms with Gasteiger partial charge in [-0.1, -0.05) is 23.2 Å². The minimum Gasteiger partial charge on any atom is -0.494 e. The number of nitrogens with zero attached hydrogens (tertiary/aromatic N) is 2.